The smallest absolute Gasteiger partial charge is 0.262 e. The number of carbonyl (C=O) groups is 3. The van der Waals surface area contributed by atoms with Crippen LogP contribution in [0.25, 0.3) is 0 Å². The van der Waals surface area contributed by atoms with Gasteiger partial charge in [-0.15, -0.1) is 0 Å². The van der Waals surface area contributed by atoms with Crippen LogP contribution in [0.15, 0.2) is 66.7 Å². The van der Waals surface area contributed by atoms with Gasteiger partial charge in [0.25, 0.3) is 11.8 Å². The topological polar surface area (TPSA) is 66.5 Å². The fourth-order valence-corrected chi connectivity index (χ4v) is 3.96. The van der Waals surface area contributed by atoms with Gasteiger partial charge in [0.05, 0.1) is 31.9 Å². The molecule has 0 spiro atoms. The minimum Gasteiger partial charge on any atom is -0.323 e. The van der Waals surface area contributed by atoms with Gasteiger partial charge in [0, 0.05) is 6.42 Å². The highest BCUT2D eigenvalue weighted by molar-refractivity contribution is 6.43. The van der Waals surface area contributed by atoms with Gasteiger partial charge in [0.15, 0.2) is 0 Å². The third-order valence-corrected chi connectivity index (χ3v) is 6.03. The van der Waals surface area contributed by atoms with Crippen molar-refractivity contribution < 1.29 is 14.4 Å². The third kappa shape index (κ3) is 4.17. The Bertz CT molecular complexity index is 1160. The average molecular weight is 474 g/mol. The van der Waals surface area contributed by atoms with E-state index < -0.39 is 23.8 Å². The second-order valence-electron chi connectivity index (χ2n) is 6.97. The Hall–Kier alpha value is -2.86. The number of hydrogen-bond acceptors (Lipinski definition) is 3. The molecule has 0 saturated carbocycles. The molecule has 3 aromatic rings. The Morgan fingerprint density at radius 3 is 1.94 bits per heavy atom. The standard InChI is InChI=1S/C23H15Cl3N2O3/c24-16-8-4-5-9-19(16)27-21(29)20(10-13-6-2-1-3-7-13)28-22(30)14-11-17(25)18(26)12-15(14)23(28)31/h1-9,11-12,20H,10H2,(H,27,29)/t20-/m1/s1. The minimum atomic E-state index is -1.11. The summed E-state index contributed by atoms with van der Waals surface area (Å²) < 4.78 is 0. The summed E-state index contributed by atoms with van der Waals surface area (Å²) in [4.78, 5) is 40.5. The predicted molar refractivity (Wildman–Crippen MR) is 121 cm³/mol. The van der Waals surface area contributed by atoms with Gasteiger partial charge < -0.3 is 5.32 Å². The third-order valence-electron chi connectivity index (χ3n) is 4.98. The van der Waals surface area contributed by atoms with Crippen LogP contribution in [0.2, 0.25) is 15.1 Å². The van der Waals surface area contributed by atoms with Crippen molar-refractivity contribution in [3.05, 3.63) is 98.5 Å². The molecule has 0 radical (unpaired) electrons. The van der Waals surface area contributed by atoms with E-state index in [1.165, 1.54) is 12.1 Å². The molecule has 3 amide bonds. The Kier molecular flexibility index (Phi) is 6.01. The molecule has 1 N–H and O–H groups in total. The fraction of sp³-hybridized carbons (Fsp3) is 0.0870. The Morgan fingerprint density at radius 2 is 1.35 bits per heavy atom. The Morgan fingerprint density at radius 1 is 0.806 bits per heavy atom. The molecule has 8 heteroatoms. The SMILES string of the molecule is O=C(Nc1ccccc1Cl)[C@@H](Cc1ccccc1)N1C(=O)c2cc(Cl)c(Cl)cc2C1=O. The summed E-state index contributed by atoms with van der Waals surface area (Å²) in [5.41, 5.74) is 1.40. The van der Waals surface area contributed by atoms with Crippen molar-refractivity contribution in [2.24, 2.45) is 0 Å². The molecule has 1 heterocycles. The summed E-state index contributed by atoms with van der Waals surface area (Å²) >= 11 is 18.3. The lowest BCUT2D eigenvalue weighted by Gasteiger charge is -2.25. The number of amides is 3. The van der Waals surface area contributed by atoms with E-state index in [-0.39, 0.29) is 27.6 Å². The summed E-state index contributed by atoms with van der Waals surface area (Å²) in [5.74, 6) is -1.74. The van der Waals surface area contributed by atoms with E-state index in [1.807, 2.05) is 30.3 Å². The number of carbonyl (C=O) groups excluding carboxylic acids is 3. The molecule has 1 aliphatic rings. The molecule has 0 saturated heterocycles. The van der Waals surface area contributed by atoms with Crippen LogP contribution in [-0.4, -0.2) is 28.7 Å². The summed E-state index contributed by atoms with van der Waals surface area (Å²) in [5, 5.41) is 3.38. The molecule has 0 aliphatic carbocycles. The molecule has 1 atom stereocenters. The van der Waals surface area contributed by atoms with Crippen molar-refractivity contribution in [1.29, 1.82) is 0 Å². The first-order valence-corrected chi connectivity index (χ1v) is 10.5. The van der Waals surface area contributed by atoms with Crippen molar-refractivity contribution in [3.8, 4) is 0 Å². The lowest BCUT2D eigenvalue weighted by Crippen LogP contribution is -2.48. The van der Waals surface area contributed by atoms with E-state index in [0.717, 1.165) is 10.5 Å². The number of rotatable bonds is 5. The molecule has 4 rings (SSSR count). The monoisotopic (exact) mass is 472 g/mol. The van der Waals surface area contributed by atoms with Crippen molar-refractivity contribution >= 4 is 58.2 Å². The van der Waals surface area contributed by atoms with Gasteiger partial charge >= 0.3 is 0 Å². The number of nitrogens with one attached hydrogen (secondary N) is 1. The minimum absolute atomic E-state index is 0.114. The van der Waals surface area contributed by atoms with Crippen LogP contribution in [-0.2, 0) is 11.2 Å². The molecule has 156 valence electrons. The van der Waals surface area contributed by atoms with Crippen molar-refractivity contribution in [2.45, 2.75) is 12.5 Å². The summed E-state index contributed by atoms with van der Waals surface area (Å²) in [7, 11) is 0. The van der Waals surface area contributed by atoms with Gasteiger partial charge in [-0.1, -0.05) is 77.3 Å². The zero-order chi connectivity index (χ0) is 22.1. The summed E-state index contributed by atoms with van der Waals surface area (Å²) in [6, 6.07) is 17.4. The molecule has 0 aromatic heterocycles. The van der Waals surface area contributed by atoms with E-state index in [1.54, 1.807) is 24.3 Å². The first kappa shape index (κ1) is 21.4. The van der Waals surface area contributed by atoms with E-state index in [2.05, 4.69) is 5.32 Å². The molecule has 3 aromatic carbocycles. The maximum absolute atomic E-state index is 13.3. The number of halogens is 3. The summed E-state index contributed by atoms with van der Waals surface area (Å²) in [6.45, 7) is 0. The number of fused-ring (bicyclic) bond motifs is 1. The largest absolute Gasteiger partial charge is 0.323 e. The molecule has 5 nitrogen and oxygen atoms in total. The van der Waals surface area contributed by atoms with E-state index in [0.29, 0.717) is 10.7 Å². The zero-order valence-corrected chi connectivity index (χ0v) is 18.2. The lowest BCUT2D eigenvalue weighted by molar-refractivity contribution is -0.119. The highest BCUT2D eigenvalue weighted by Gasteiger charge is 2.43. The molecule has 1 aliphatic heterocycles. The maximum Gasteiger partial charge on any atom is 0.262 e. The first-order valence-electron chi connectivity index (χ1n) is 9.33. The van der Waals surface area contributed by atoms with Crippen LogP contribution >= 0.6 is 34.8 Å². The molecule has 0 fully saturated rings. The average Bonchev–Trinajstić information content (AvgIpc) is 2.99. The van der Waals surface area contributed by atoms with Gasteiger partial charge in [0.2, 0.25) is 5.91 Å². The van der Waals surface area contributed by atoms with Crippen LogP contribution in [0.4, 0.5) is 5.69 Å². The molecular formula is C23H15Cl3N2O3. The second kappa shape index (κ2) is 8.71. The number of para-hydroxylation sites is 1. The van der Waals surface area contributed by atoms with Crippen LogP contribution in [0.5, 0.6) is 0 Å². The van der Waals surface area contributed by atoms with Crippen LogP contribution in [0.1, 0.15) is 26.3 Å². The fourth-order valence-electron chi connectivity index (χ4n) is 3.45. The number of anilines is 1. The second-order valence-corrected chi connectivity index (χ2v) is 8.19. The Labute approximate surface area is 193 Å². The number of imide groups is 1. The summed E-state index contributed by atoms with van der Waals surface area (Å²) in [6.07, 6.45) is 0.129. The lowest BCUT2D eigenvalue weighted by atomic mass is 10.0. The highest BCUT2D eigenvalue weighted by atomic mass is 35.5. The van der Waals surface area contributed by atoms with E-state index in [4.69, 9.17) is 34.8 Å². The first-order chi connectivity index (χ1) is 14.9. The maximum atomic E-state index is 13.3. The van der Waals surface area contributed by atoms with E-state index in [9.17, 15) is 14.4 Å². The van der Waals surface area contributed by atoms with Gasteiger partial charge in [0.1, 0.15) is 6.04 Å². The highest BCUT2D eigenvalue weighted by Crippen LogP contribution is 2.33. The number of benzene rings is 3. The Balaban J connectivity index is 1.72. The van der Waals surface area contributed by atoms with Crippen LogP contribution in [0, 0.1) is 0 Å². The van der Waals surface area contributed by atoms with Gasteiger partial charge in [-0.05, 0) is 29.8 Å². The quantitative estimate of drug-likeness (QED) is 0.498. The van der Waals surface area contributed by atoms with Gasteiger partial charge in [-0.3, -0.25) is 19.3 Å². The molecule has 0 bridgehead atoms. The number of hydrogen-bond donors (Lipinski definition) is 1. The number of nitrogens with zero attached hydrogens (tertiary/aromatic N) is 1. The van der Waals surface area contributed by atoms with Crippen molar-refractivity contribution in [3.63, 3.8) is 0 Å². The molecule has 0 unspecified atom stereocenters. The molecular weight excluding hydrogens is 459 g/mol. The van der Waals surface area contributed by atoms with Gasteiger partial charge in [-0.25, -0.2) is 0 Å². The zero-order valence-electron chi connectivity index (χ0n) is 15.9. The normalized spacial score (nSPS) is 13.8. The van der Waals surface area contributed by atoms with Crippen molar-refractivity contribution in [2.75, 3.05) is 5.32 Å². The van der Waals surface area contributed by atoms with Gasteiger partial charge in [-0.2, -0.15) is 0 Å². The van der Waals surface area contributed by atoms with E-state index >= 15 is 0 Å². The van der Waals surface area contributed by atoms with Crippen molar-refractivity contribution in [1.82, 2.24) is 4.90 Å². The predicted octanol–water partition coefficient (Wildman–Crippen LogP) is 5.49. The van der Waals surface area contributed by atoms with Crippen LogP contribution < -0.4 is 5.32 Å². The van der Waals surface area contributed by atoms with Crippen LogP contribution in [0.3, 0.4) is 0 Å². The molecule has 31 heavy (non-hydrogen) atoms.